The molecule has 0 aliphatic carbocycles. The summed E-state index contributed by atoms with van der Waals surface area (Å²) in [5.74, 6) is -0.0848. The summed E-state index contributed by atoms with van der Waals surface area (Å²) in [5.41, 5.74) is 1.36. The highest BCUT2D eigenvalue weighted by molar-refractivity contribution is 7.92. The van der Waals surface area contributed by atoms with Gasteiger partial charge in [-0.1, -0.05) is 12.1 Å². The molecule has 1 aliphatic heterocycles. The number of aryl methyl sites for hydroxylation is 1. The Labute approximate surface area is 144 Å². The van der Waals surface area contributed by atoms with E-state index in [4.69, 9.17) is 14.6 Å². The summed E-state index contributed by atoms with van der Waals surface area (Å²) in [7, 11) is -3.85. The molecule has 0 fully saturated rings. The molecular weight excluding hydrogens is 346 g/mol. The molecular formula is C17H15NO6S. The van der Waals surface area contributed by atoms with E-state index >= 15 is 0 Å². The van der Waals surface area contributed by atoms with E-state index in [2.05, 4.69) is 4.72 Å². The van der Waals surface area contributed by atoms with Gasteiger partial charge in [-0.15, -0.1) is 0 Å². The fourth-order valence-corrected chi connectivity index (χ4v) is 3.68. The molecule has 7 nitrogen and oxygen atoms in total. The van der Waals surface area contributed by atoms with Gasteiger partial charge >= 0.3 is 5.97 Å². The lowest BCUT2D eigenvalue weighted by Gasteiger charge is -2.11. The van der Waals surface area contributed by atoms with Crippen LogP contribution in [0.3, 0.4) is 0 Å². The van der Waals surface area contributed by atoms with Crippen LogP contribution < -0.4 is 14.2 Å². The van der Waals surface area contributed by atoms with Crippen LogP contribution in [0.4, 0.5) is 5.69 Å². The molecule has 0 saturated carbocycles. The van der Waals surface area contributed by atoms with Crippen LogP contribution in [0.1, 0.15) is 11.1 Å². The summed E-state index contributed by atoms with van der Waals surface area (Å²) < 4.78 is 38.3. The van der Waals surface area contributed by atoms with E-state index in [-0.39, 0.29) is 11.7 Å². The van der Waals surface area contributed by atoms with E-state index in [1.54, 1.807) is 37.3 Å². The second kappa shape index (κ2) is 6.48. The molecule has 0 amide bonds. The highest BCUT2D eigenvalue weighted by atomic mass is 32.2. The van der Waals surface area contributed by atoms with Gasteiger partial charge in [-0.25, -0.2) is 13.2 Å². The molecule has 0 spiro atoms. The Balaban J connectivity index is 1.91. The molecule has 0 aromatic heterocycles. The van der Waals surface area contributed by atoms with Crippen LogP contribution in [-0.2, 0) is 14.8 Å². The van der Waals surface area contributed by atoms with Crippen LogP contribution in [0, 0.1) is 6.92 Å². The van der Waals surface area contributed by atoms with Gasteiger partial charge in [0.1, 0.15) is 0 Å². The molecule has 3 rings (SSSR count). The molecule has 25 heavy (non-hydrogen) atoms. The third-order valence-electron chi connectivity index (χ3n) is 3.54. The van der Waals surface area contributed by atoms with Crippen molar-refractivity contribution in [3.63, 3.8) is 0 Å². The predicted molar refractivity (Wildman–Crippen MR) is 91.2 cm³/mol. The Morgan fingerprint density at radius 1 is 1.16 bits per heavy atom. The molecule has 1 aliphatic rings. The summed E-state index contributed by atoms with van der Waals surface area (Å²) in [6.45, 7) is 1.77. The number of hydrogen-bond acceptors (Lipinski definition) is 5. The van der Waals surface area contributed by atoms with Crippen LogP contribution in [0.25, 0.3) is 6.08 Å². The van der Waals surface area contributed by atoms with E-state index in [1.807, 2.05) is 0 Å². The number of carbonyl (C=O) groups is 1. The first kappa shape index (κ1) is 16.8. The molecule has 130 valence electrons. The second-order valence-electron chi connectivity index (χ2n) is 5.37. The summed E-state index contributed by atoms with van der Waals surface area (Å²) in [6, 6.07) is 9.44. The van der Waals surface area contributed by atoms with Gasteiger partial charge in [0.05, 0.1) is 10.6 Å². The van der Waals surface area contributed by atoms with Crippen LogP contribution in [-0.4, -0.2) is 26.3 Å². The standard InChI is InChI=1S/C17H15NO6S/c1-11-2-3-12(4-7-17(19)20)8-16(11)25(21,22)18-13-5-6-14-15(9-13)24-10-23-14/h2-9,18H,10H2,1H3,(H,19,20)/b7-4+. The maximum atomic E-state index is 12.7. The summed E-state index contributed by atoms with van der Waals surface area (Å²) in [5, 5.41) is 8.69. The molecule has 8 heteroatoms. The fraction of sp³-hybridized carbons (Fsp3) is 0.118. The summed E-state index contributed by atoms with van der Waals surface area (Å²) >= 11 is 0. The Morgan fingerprint density at radius 2 is 1.92 bits per heavy atom. The lowest BCUT2D eigenvalue weighted by Crippen LogP contribution is -2.14. The maximum absolute atomic E-state index is 12.7. The Hall–Kier alpha value is -3.00. The Morgan fingerprint density at radius 3 is 2.68 bits per heavy atom. The normalized spacial score (nSPS) is 13.2. The fourth-order valence-electron chi connectivity index (χ4n) is 2.35. The topological polar surface area (TPSA) is 102 Å². The Bertz CT molecular complexity index is 965. The van der Waals surface area contributed by atoms with Gasteiger partial charge in [0.25, 0.3) is 10.0 Å². The van der Waals surface area contributed by atoms with Crippen molar-refractivity contribution in [1.29, 1.82) is 0 Å². The van der Waals surface area contributed by atoms with Crippen molar-refractivity contribution >= 4 is 27.8 Å². The average molecular weight is 361 g/mol. The van der Waals surface area contributed by atoms with Gasteiger partial charge in [-0.05, 0) is 42.3 Å². The van der Waals surface area contributed by atoms with Gasteiger partial charge in [0.2, 0.25) is 6.79 Å². The SMILES string of the molecule is Cc1ccc(/C=C/C(=O)O)cc1S(=O)(=O)Nc1ccc2c(c1)OCO2. The quantitative estimate of drug-likeness (QED) is 0.794. The van der Waals surface area contributed by atoms with Crippen molar-refractivity contribution < 1.29 is 27.8 Å². The largest absolute Gasteiger partial charge is 0.478 e. The summed E-state index contributed by atoms with van der Waals surface area (Å²) in [6.07, 6.45) is 2.29. The van der Waals surface area contributed by atoms with Crippen molar-refractivity contribution in [2.45, 2.75) is 11.8 Å². The van der Waals surface area contributed by atoms with Crippen molar-refractivity contribution in [2.75, 3.05) is 11.5 Å². The maximum Gasteiger partial charge on any atom is 0.328 e. The molecule has 0 radical (unpaired) electrons. The number of sulfonamides is 1. The minimum atomic E-state index is -3.85. The number of anilines is 1. The van der Waals surface area contributed by atoms with Gasteiger partial charge in [-0.2, -0.15) is 0 Å². The van der Waals surface area contributed by atoms with Crippen molar-refractivity contribution in [2.24, 2.45) is 0 Å². The van der Waals surface area contributed by atoms with Gasteiger partial charge in [0.15, 0.2) is 11.5 Å². The number of rotatable bonds is 5. The third-order valence-corrected chi connectivity index (χ3v) is 5.07. The van der Waals surface area contributed by atoms with Gasteiger partial charge in [-0.3, -0.25) is 4.72 Å². The molecule has 0 bridgehead atoms. The number of ether oxygens (including phenoxy) is 2. The lowest BCUT2D eigenvalue weighted by molar-refractivity contribution is -0.131. The van der Waals surface area contributed by atoms with Crippen molar-refractivity contribution in [1.82, 2.24) is 0 Å². The minimum Gasteiger partial charge on any atom is -0.478 e. The minimum absolute atomic E-state index is 0.0673. The number of aliphatic carboxylic acids is 1. The number of benzene rings is 2. The number of fused-ring (bicyclic) bond motifs is 1. The first-order valence-electron chi connectivity index (χ1n) is 7.29. The van der Waals surface area contributed by atoms with Crippen LogP contribution >= 0.6 is 0 Å². The van der Waals surface area contributed by atoms with E-state index < -0.39 is 16.0 Å². The molecule has 2 aromatic rings. The Kier molecular flexibility index (Phi) is 4.37. The van der Waals surface area contributed by atoms with E-state index in [1.165, 1.54) is 12.1 Å². The van der Waals surface area contributed by atoms with Crippen molar-refractivity contribution in [3.8, 4) is 11.5 Å². The average Bonchev–Trinajstić information content (AvgIpc) is 3.01. The summed E-state index contributed by atoms with van der Waals surface area (Å²) in [4.78, 5) is 10.7. The number of carboxylic acids is 1. The third kappa shape index (κ3) is 3.74. The highest BCUT2D eigenvalue weighted by Gasteiger charge is 2.20. The zero-order chi connectivity index (χ0) is 18.0. The highest BCUT2D eigenvalue weighted by Crippen LogP contribution is 2.35. The number of hydrogen-bond donors (Lipinski definition) is 2. The zero-order valence-electron chi connectivity index (χ0n) is 13.2. The smallest absolute Gasteiger partial charge is 0.328 e. The van der Waals surface area contributed by atoms with E-state index in [9.17, 15) is 13.2 Å². The number of nitrogens with one attached hydrogen (secondary N) is 1. The molecule has 2 N–H and O–H groups in total. The van der Waals surface area contributed by atoms with Gasteiger partial charge in [0, 0.05) is 12.1 Å². The molecule has 1 heterocycles. The zero-order valence-corrected chi connectivity index (χ0v) is 14.0. The van der Waals surface area contributed by atoms with Crippen LogP contribution in [0.2, 0.25) is 0 Å². The molecule has 0 saturated heterocycles. The first-order chi connectivity index (χ1) is 11.8. The first-order valence-corrected chi connectivity index (χ1v) is 8.77. The molecule has 2 aromatic carbocycles. The van der Waals surface area contributed by atoms with Gasteiger partial charge < -0.3 is 14.6 Å². The van der Waals surface area contributed by atoms with E-state index in [0.717, 1.165) is 6.08 Å². The van der Waals surface area contributed by atoms with Crippen molar-refractivity contribution in [3.05, 3.63) is 53.6 Å². The van der Waals surface area contributed by atoms with E-state index in [0.29, 0.717) is 28.3 Å². The monoisotopic (exact) mass is 361 g/mol. The van der Waals surface area contributed by atoms with Crippen LogP contribution in [0.5, 0.6) is 11.5 Å². The predicted octanol–water partition coefficient (Wildman–Crippen LogP) is 2.62. The molecule has 0 unspecified atom stereocenters. The lowest BCUT2D eigenvalue weighted by atomic mass is 10.1. The molecule has 0 atom stereocenters. The van der Waals surface area contributed by atoms with Crippen LogP contribution in [0.15, 0.2) is 47.4 Å². The number of carboxylic acid groups (broad SMARTS) is 1. The second-order valence-corrected chi connectivity index (χ2v) is 7.02.